The molecule has 0 aliphatic carbocycles. The van der Waals surface area contributed by atoms with Crippen LogP contribution in [0.4, 0.5) is 0 Å². The van der Waals surface area contributed by atoms with Crippen LogP contribution in [0.15, 0.2) is 24.5 Å². The molecule has 0 aromatic rings. The summed E-state index contributed by atoms with van der Waals surface area (Å²) in [6, 6.07) is 0. The van der Waals surface area contributed by atoms with E-state index >= 15 is 0 Å². The van der Waals surface area contributed by atoms with E-state index in [1.807, 2.05) is 6.08 Å². The molecule has 2 heteroatoms. The van der Waals surface area contributed by atoms with Gasteiger partial charge in [0.2, 0.25) is 0 Å². The average molecular weight is 168 g/mol. The van der Waals surface area contributed by atoms with Crippen molar-refractivity contribution in [3.05, 3.63) is 24.5 Å². The molecule has 12 heavy (non-hydrogen) atoms. The molecule has 68 valence electrons. The fraction of sp³-hybridized carbons (Fsp3) is 0.500. The first-order valence-electron chi connectivity index (χ1n) is 4.06. The van der Waals surface area contributed by atoms with Gasteiger partial charge < -0.3 is 4.74 Å². The van der Waals surface area contributed by atoms with E-state index in [1.54, 1.807) is 6.92 Å². The Morgan fingerprint density at radius 2 is 2.17 bits per heavy atom. The second-order valence-corrected chi connectivity index (χ2v) is 3.09. The summed E-state index contributed by atoms with van der Waals surface area (Å²) in [4.78, 5) is 11.0. The highest BCUT2D eigenvalue weighted by Crippen LogP contribution is 2.05. The summed E-state index contributed by atoms with van der Waals surface area (Å²) < 4.78 is 4.59. The Morgan fingerprint density at radius 3 is 2.58 bits per heavy atom. The van der Waals surface area contributed by atoms with Crippen LogP contribution in [0.25, 0.3) is 0 Å². The summed E-state index contributed by atoms with van der Waals surface area (Å²) in [6.45, 7) is 9.25. The van der Waals surface area contributed by atoms with Gasteiger partial charge in [0.25, 0.3) is 0 Å². The Morgan fingerprint density at radius 1 is 1.58 bits per heavy atom. The largest absolute Gasteiger partial charge is 0.432 e. The predicted octanol–water partition coefficient (Wildman–Crippen LogP) is 2.67. The summed E-state index contributed by atoms with van der Waals surface area (Å²) in [5, 5.41) is 0. The van der Waals surface area contributed by atoms with Crippen LogP contribution in [0, 0.1) is 5.92 Å². The molecule has 0 unspecified atom stereocenters. The van der Waals surface area contributed by atoms with Gasteiger partial charge >= 0.3 is 5.97 Å². The highest BCUT2D eigenvalue weighted by atomic mass is 16.5. The SMILES string of the molecule is C=COC(=O)C(C)=CCC(C)C. The summed E-state index contributed by atoms with van der Waals surface area (Å²) in [5.41, 5.74) is 0.642. The number of hydrogen-bond acceptors (Lipinski definition) is 2. The molecule has 0 amide bonds. The molecular weight excluding hydrogens is 152 g/mol. The molecule has 0 aliphatic heterocycles. The standard InChI is InChI=1S/C10H16O2/c1-5-12-10(11)9(4)7-6-8(2)3/h5,7-8H,1,6H2,2-4H3. The Hall–Kier alpha value is -1.05. The molecule has 0 saturated carbocycles. The first-order valence-corrected chi connectivity index (χ1v) is 4.06. The number of allylic oxidation sites excluding steroid dienone is 1. The average Bonchev–Trinajstić information content (AvgIpc) is 2.00. The first-order chi connectivity index (χ1) is 5.57. The molecule has 0 saturated heterocycles. The van der Waals surface area contributed by atoms with Crippen molar-refractivity contribution in [3.63, 3.8) is 0 Å². The van der Waals surface area contributed by atoms with E-state index in [2.05, 4.69) is 25.2 Å². The molecule has 0 bridgehead atoms. The minimum Gasteiger partial charge on any atom is -0.432 e. The highest BCUT2D eigenvalue weighted by molar-refractivity contribution is 5.88. The van der Waals surface area contributed by atoms with E-state index < -0.39 is 0 Å². The van der Waals surface area contributed by atoms with Gasteiger partial charge in [-0.2, -0.15) is 0 Å². The van der Waals surface area contributed by atoms with Crippen molar-refractivity contribution in [2.75, 3.05) is 0 Å². The Kier molecular flexibility index (Phi) is 5.09. The molecule has 0 spiro atoms. The molecule has 0 N–H and O–H groups in total. The van der Waals surface area contributed by atoms with Crippen LogP contribution >= 0.6 is 0 Å². The Labute approximate surface area is 73.9 Å². The maximum absolute atomic E-state index is 11.0. The lowest BCUT2D eigenvalue weighted by Gasteiger charge is -2.00. The van der Waals surface area contributed by atoms with E-state index in [0.717, 1.165) is 12.7 Å². The number of rotatable bonds is 4. The van der Waals surface area contributed by atoms with Gasteiger partial charge in [0.15, 0.2) is 0 Å². The smallest absolute Gasteiger partial charge is 0.338 e. The lowest BCUT2D eigenvalue weighted by molar-refractivity contribution is -0.133. The maximum Gasteiger partial charge on any atom is 0.338 e. The van der Waals surface area contributed by atoms with Crippen LogP contribution in [-0.4, -0.2) is 5.97 Å². The summed E-state index contributed by atoms with van der Waals surface area (Å²) in [7, 11) is 0. The monoisotopic (exact) mass is 168 g/mol. The number of hydrogen-bond donors (Lipinski definition) is 0. The molecule has 0 rings (SSSR count). The molecule has 0 aliphatic rings. The van der Waals surface area contributed by atoms with Crippen molar-refractivity contribution >= 4 is 5.97 Å². The Bertz CT molecular complexity index is 190. The topological polar surface area (TPSA) is 26.3 Å². The van der Waals surface area contributed by atoms with E-state index in [4.69, 9.17) is 0 Å². The summed E-state index contributed by atoms with van der Waals surface area (Å²) in [5.74, 6) is 0.252. The van der Waals surface area contributed by atoms with Crippen molar-refractivity contribution in [2.45, 2.75) is 27.2 Å². The zero-order valence-corrected chi connectivity index (χ0v) is 7.96. The zero-order chi connectivity index (χ0) is 9.56. The number of ether oxygens (including phenoxy) is 1. The van der Waals surface area contributed by atoms with E-state index in [0.29, 0.717) is 11.5 Å². The normalized spacial score (nSPS) is 11.5. The van der Waals surface area contributed by atoms with E-state index in [9.17, 15) is 4.79 Å². The van der Waals surface area contributed by atoms with Crippen molar-refractivity contribution in [1.29, 1.82) is 0 Å². The lowest BCUT2D eigenvalue weighted by atomic mass is 10.1. The molecular formula is C10H16O2. The predicted molar refractivity (Wildman–Crippen MR) is 49.5 cm³/mol. The fourth-order valence-corrected chi connectivity index (χ4v) is 0.664. The third kappa shape index (κ3) is 4.72. The summed E-state index contributed by atoms with van der Waals surface area (Å²) >= 11 is 0. The highest BCUT2D eigenvalue weighted by Gasteiger charge is 2.02. The van der Waals surface area contributed by atoms with Crippen LogP contribution in [0.2, 0.25) is 0 Å². The summed E-state index contributed by atoms with van der Waals surface area (Å²) in [6.07, 6.45) is 3.93. The number of esters is 1. The van der Waals surface area contributed by atoms with E-state index in [-0.39, 0.29) is 5.97 Å². The number of carbonyl (C=O) groups is 1. The number of carbonyl (C=O) groups excluding carboxylic acids is 1. The van der Waals surface area contributed by atoms with Gasteiger partial charge in [0.05, 0.1) is 6.26 Å². The minimum atomic E-state index is -0.314. The quantitative estimate of drug-likeness (QED) is 0.366. The second kappa shape index (κ2) is 5.58. The van der Waals surface area contributed by atoms with Gasteiger partial charge in [-0.1, -0.05) is 26.5 Å². The molecule has 0 radical (unpaired) electrons. The third-order valence-electron chi connectivity index (χ3n) is 1.41. The van der Waals surface area contributed by atoms with Crippen molar-refractivity contribution in [3.8, 4) is 0 Å². The van der Waals surface area contributed by atoms with E-state index in [1.165, 1.54) is 0 Å². The van der Waals surface area contributed by atoms with Crippen molar-refractivity contribution < 1.29 is 9.53 Å². The maximum atomic E-state index is 11.0. The van der Waals surface area contributed by atoms with Gasteiger partial charge in [-0.05, 0) is 19.3 Å². The zero-order valence-electron chi connectivity index (χ0n) is 7.96. The van der Waals surface area contributed by atoms with Crippen molar-refractivity contribution in [2.24, 2.45) is 5.92 Å². The third-order valence-corrected chi connectivity index (χ3v) is 1.41. The Balaban J connectivity index is 3.99. The molecule has 2 nitrogen and oxygen atoms in total. The second-order valence-electron chi connectivity index (χ2n) is 3.09. The van der Waals surface area contributed by atoms with Crippen LogP contribution in [-0.2, 0) is 9.53 Å². The fourth-order valence-electron chi connectivity index (χ4n) is 0.664. The minimum absolute atomic E-state index is 0.314. The van der Waals surface area contributed by atoms with Crippen LogP contribution in [0.5, 0.6) is 0 Å². The first kappa shape index (κ1) is 11.0. The van der Waals surface area contributed by atoms with Gasteiger partial charge in [0, 0.05) is 5.57 Å². The van der Waals surface area contributed by atoms with Gasteiger partial charge in [-0.15, -0.1) is 0 Å². The molecule has 0 aromatic heterocycles. The molecule has 0 aromatic carbocycles. The van der Waals surface area contributed by atoms with Crippen molar-refractivity contribution in [1.82, 2.24) is 0 Å². The van der Waals surface area contributed by atoms with Gasteiger partial charge in [0.1, 0.15) is 0 Å². The van der Waals surface area contributed by atoms with Gasteiger partial charge in [-0.3, -0.25) is 0 Å². The molecule has 0 heterocycles. The van der Waals surface area contributed by atoms with Crippen LogP contribution < -0.4 is 0 Å². The van der Waals surface area contributed by atoms with Crippen LogP contribution in [0.3, 0.4) is 0 Å². The van der Waals surface area contributed by atoms with Crippen LogP contribution in [0.1, 0.15) is 27.2 Å². The molecule has 0 fully saturated rings. The molecule has 0 atom stereocenters. The lowest BCUT2D eigenvalue weighted by Crippen LogP contribution is -2.01. The van der Waals surface area contributed by atoms with Gasteiger partial charge in [-0.25, -0.2) is 4.79 Å².